The van der Waals surface area contributed by atoms with Gasteiger partial charge in [-0.05, 0) is 25.3 Å². The summed E-state index contributed by atoms with van der Waals surface area (Å²) in [6, 6.07) is 8.72. The van der Waals surface area contributed by atoms with Crippen molar-refractivity contribution >= 4 is 18.3 Å². The van der Waals surface area contributed by atoms with E-state index in [0.29, 0.717) is 19.7 Å². The Bertz CT molecular complexity index is 454. The Hall–Kier alpha value is -1.10. The van der Waals surface area contributed by atoms with E-state index in [1.165, 1.54) is 11.1 Å². The lowest BCUT2D eigenvalue weighted by molar-refractivity contribution is -0.131. The molecule has 1 atom stereocenters. The quantitative estimate of drug-likeness (QED) is 0.820. The van der Waals surface area contributed by atoms with Crippen molar-refractivity contribution in [3.05, 3.63) is 35.4 Å². The maximum atomic E-state index is 12.3. The van der Waals surface area contributed by atoms with Gasteiger partial charge in [-0.25, -0.2) is 0 Å². The summed E-state index contributed by atoms with van der Waals surface area (Å²) < 4.78 is 4.97. The van der Waals surface area contributed by atoms with Gasteiger partial charge in [0.1, 0.15) is 0 Å². The van der Waals surface area contributed by atoms with Crippen LogP contribution in [0, 0.1) is 6.92 Å². The van der Waals surface area contributed by atoms with E-state index in [1.54, 1.807) is 7.11 Å². The fourth-order valence-corrected chi connectivity index (χ4v) is 2.76. The van der Waals surface area contributed by atoms with Crippen molar-refractivity contribution in [1.29, 1.82) is 0 Å². The molecule has 1 N–H and O–H groups in total. The molecule has 0 saturated carbocycles. The van der Waals surface area contributed by atoms with E-state index in [-0.39, 0.29) is 24.4 Å². The van der Waals surface area contributed by atoms with Gasteiger partial charge in [0.2, 0.25) is 5.91 Å². The predicted octanol–water partition coefficient (Wildman–Crippen LogP) is 2.32. The molecule has 1 aromatic rings. The predicted molar refractivity (Wildman–Crippen MR) is 86.9 cm³/mol. The number of likely N-dealkylation sites (tertiary alicyclic amines) is 1. The summed E-state index contributed by atoms with van der Waals surface area (Å²) in [5.74, 6) is 0.185. The van der Waals surface area contributed by atoms with Crippen molar-refractivity contribution in [2.75, 3.05) is 33.4 Å². The van der Waals surface area contributed by atoms with Crippen molar-refractivity contribution in [3.8, 4) is 0 Å². The second kappa shape index (κ2) is 9.03. The minimum atomic E-state index is 0. The number of benzene rings is 1. The second-order valence-electron chi connectivity index (χ2n) is 5.33. The molecule has 118 valence electrons. The van der Waals surface area contributed by atoms with Crippen molar-refractivity contribution in [3.63, 3.8) is 0 Å². The largest absolute Gasteiger partial charge is 0.383 e. The molecular formula is C16H25ClN2O2. The number of ether oxygens (including phenoxy) is 1. The highest BCUT2D eigenvalue weighted by Gasteiger charge is 2.29. The smallest absolute Gasteiger partial charge is 0.237 e. The average Bonchev–Trinajstić information content (AvgIpc) is 2.93. The number of rotatable bonds is 6. The van der Waals surface area contributed by atoms with Gasteiger partial charge in [0.05, 0.1) is 19.2 Å². The van der Waals surface area contributed by atoms with Crippen LogP contribution in [0.4, 0.5) is 0 Å². The van der Waals surface area contributed by atoms with Crippen LogP contribution in [-0.4, -0.2) is 44.2 Å². The minimum absolute atomic E-state index is 0. The Kier molecular flexibility index (Phi) is 7.72. The molecule has 0 radical (unpaired) electrons. The first-order valence-electron chi connectivity index (χ1n) is 7.28. The van der Waals surface area contributed by atoms with E-state index >= 15 is 0 Å². The molecular weight excluding hydrogens is 288 g/mol. The summed E-state index contributed by atoms with van der Waals surface area (Å²) in [6.07, 6.45) is 2.15. The maximum Gasteiger partial charge on any atom is 0.237 e. The molecule has 1 heterocycles. The molecule has 1 saturated heterocycles. The van der Waals surface area contributed by atoms with Crippen LogP contribution in [0.2, 0.25) is 0 Å². The molecule has 1 aromatic carbocycles. The van der Waals surface area contributed by atoms with Gasteiger partial charge in [0, 0.05) is 20.2 Å². The first kappa shape index (κ1) is 18.0. The van der Waals surface area contributed by atoms with Gasteiger partial charge >= 0.3 is 0 Å². The summed E-state index contributed by atoms with van der Waals surface area (Å²) in [4.78, 5) is 14.3. The third-order valence-corrected chi connectivity index (χ3v) is 3.76. The van der Waals surface area contributed by atoms with Gasteiger partial charge in [-0.3, -0.25) is 4.79 Å². The molecule has 4 nitrogen and oxygen atoms in total. The number of hydrogen-bond acceptors (Lipinski definition) is 3. The van der Waals surface area contributed by atoms with Crippen LogP contribution in [0.25, 0.3) is 0 Å². The number of carbonyl (C=O) groups excluding carboxylic acids is 1. The van der Waals surface area contributed by atoms with E-state index in [1.807, 2.05) is 4.90 Å². The highest BCUT2D eigenvalue weighted by atomic mass is 35.5. The molecule has 0 spiro atoms. The minimum Gasteiger partial charge on any atom is -0.383 e. The fourth-order valence-electron chi connectivity index (χ4n) is 2.76. The Morgan fingerprint density at radius 3 is 3.00 bits per heavy atom. The zero-order valence-electron chi connectivity index (χ0n) is 12.8. The molecule has 5 heteroatoms. The molecule has 1 unspecified atom stereocenters. The van der Waals surface area contributed by atoms with Crippen LogP contribution in [-0.2, 0) is 9.53 Å². The number of halogens is 1. The molecule has 0 aliphatic carbocycles. The summed E-state index contributed by atoms with van der Waals surface area (Å²) in [6.45, 7) is 4.70. The summed E-state index contributed by atoms with van der Waals surface area (Å²) in [7, 11) is 1.66. The van der Waals surface area contributed by atoms with Crippen LogP contribution >= 0.6 is 12.4 Å². The van der Waals surface area contributed by atoms with Crippen LogP contribution < -0.4 is 5.32 Å². The number of methoxy groups -OCH3 is 1. The highest BCUT2D eigenvalue weighted by molar-refractivity contribution is 5.85. The zero-order chi connectivity index (χ0) is 14.4. The zero-order valence-corrected chi connectivity index (χ0v) is 13.6. The maximum absolute atomic E-state index is 12.3. The van der Waals surface area contributed by atoms with E-state index in [4.69, 9.17) is 4.74 Å². The van der Waals surface area contributed by atoms with Gasteiger partial charge in [-0.1, -0.05) is 29.8 Å². The van der Waals surface area contributed by atoms with Crippen LogP contribution in [0.1, 0.15) is 30.0 Å². The molecule has 2 rings (SSSR count). The second-order valence-corrected chi connectivity index (χ2v) is 5.33. The first-order chi connectivity index (χ1) is 9.72. The van der Waals surface area contributed by atoms with E-state index < -0.39 is 0 Å². The lowest BCUT2D eigenvalue weighted by Crippen LogP contribution is -2.38. The van der Waals surface area contributed by atoms with Gasteiger partial charge in [-0.2, -0.15) is 0 Å². The molecule has 1 aliphatic rings. The van der Waals surface area contributed by atoms with Gasteiger partial charge < -0.3 is 15.0 Å². The van der Waals surface area contributed by atoms with Gasteiger partial charge in [0.15, 0.2) is 0 Å². The Labute approximate surface area is 133 Å². The fraction of sp³-hybridized carbons (Fsp3) is 0.562. The van der Waals surface area contributed by atoms with E-state index in [9.17, 15) is 4.79 Å². The molecule has 0 aromatic heterocycles. The lowest BCUT2D eigenvalue weighted by Gasteiger charge is -2.25. The van der Waals surface area contributed by atoms with Crippen LogP contribution in [0.15, 0.2) is 24.3 Å². The summed E-state index contributed by atoms with van der Waals surface area (Å²) >= 11 is 0. The van der Waals surface area contributed by atoms with Crippen LogP contribution in [0.5, 0.6) is 0 Å². The van der Waals surface area contributed by atoms with Gasteiger partial charge in [0.25, 0.3) is 0 Å². The first-order valence-corrected chi connectivity index (χ1v) is 7.28. The SMILES string of the molecule is COCCNCC(=O)N1CCCC1c1cccc(C)c1.Cl. The Morgan fingerprint density at radius 1 is 1.48 bits per heavy atom. The Morgan fingerprint density at radius 2 is 2.29 bits per heavy atom. The standard InChI is InChI=1S/C16H24N2O2.ClH/c1-13-5-3-6-14(11-13)15-7-4-9-18(15)16(19)12-17-8-10-20-2;/h3,5-6,11,15,17H,4,7-10,12H2,1-2H3;1H. The van der Waals surface area contributed by atoms with Crippen molar-refractivity contribution in [1.82, 2.24) is 10.2 Å². The monoisotopic (exact) mass is 312 g/mol. The summed E-state index contributed by atoms with van der Waals surface area (Å²) in [5.41, 5.74) is 2.51. The van der Waals surface area contributed by atoms with Crippen molar-refractivity contribution < 1.29 is 9.53 Å². The van der Waals surface area contributed by atoms with Crippen molar-refractivity contribution in [2.24, 2.45) is 0 Å². The van der Waals surface area contributed by atoms with E-state index in [2.05, 4.69) is 36.5 Å². The lowest BCUT2D eigenvalue weighted by atomic mass is 10.0. The van der Waals surface area contributed by atoms with Gasteiger partial charge in [-0.15, -0.1) is 12.4 Å². The normalized spacial score (nSPS) is 17.6. The number of aryl methyl sites for hydroxylation is 1. The number of amides is 1. The average molecular weight is 313 g/mol. The molecule has 1 fully saturated rings. The third kappa shape index (κ3) is 4.99. The van der Waals surface area contributed by atoms with Crippen LogP contribution in [0.3, 0.4) is 0 Å². The molecule has 1 amide bonds. The molecule has 1 aliphatic heterocycles. The molecule has 0 bridgehead atoms. The number of carbonyl (C=O) groups is 1. The number of nitrogens with one attached hydrogen (secondary N) is 1. The third-order valence-electron chi connectivity index (χ3n) is 3.76. The number of hydrogen-bond donors (Lipinski definition) is 1. The highest BCUT2D eigenvalue weighted by Crippen LogP contribution is 2.32. The number of nitrogens with zero attached hydrogens (tertiary/aromatic N) is 1. The van der Waals surface area contributed by atoms with Crippen molar-refractivity contribution in [2.45, 2.75) is 25.8 Å². The Balaban J connectivity index is 0.00000220. The molecule has 21 heavy (non-hydrogen) atoms. The van der Waals surface area contributed by atoms with E-state index in [0.717, 1.165) is 19.4 Å². The summed E-state index contributed by atoms with van der Waals surface area (Å²) in [5, 5.41) is 3.13. The topological polar surface area (TPSA) is 41.6 Å².